The Morgan fingerprint density at radius 3 is 2.56 bits per heavy atom. The third-order valence-electron chi connectivity index (χ3n) is 6.92. The zero-order valence-electron chi connectivity index (χ0n) is 17.8. The molecule has 8 heteroatoms. The van der Waals surface area contributed by atoms with E-state index < -0.39 is 27.7 Å². The molecule has 0 aliphatic heterocycles. The summed E-state index contributed by atoms with van der Waals surface area (Å²) in [6.07, 6.45) is 3.78. The second-order valence-corrected chi connectivity index (χ2v) is 10.7. The SMILES string of the molecule is NC(CC(=O)C1CCCC1CNS(=O)(=O)c1ccccc1)C1CCc2cc(F)c(F)cc21. The van der Waals surface area contributed by atoms with Gasteiger partial charge in [0.05, 0.1) is 4.90 Å². The molecule has 4 atom stereocenters. The van der Waals surface area contributed by atoms with Crippen LogP contribution in [0.4, 0.5) is 8.78 Å². The summed E-state index contributed by atoms with van der Waals surface area (Å²) in [6.45, 7) is 0.208. The highest BCUT2D eigenvalue weighted by molar-refractivity contribution is 7.89. The predicted molar refractivity (Wildman–Crippen MR) is 117 cm³/mol. The van der Waals surface area contributed by atoms with Crippen LogP contribution in [-0.4, -0.2) is 26.8 Å². The second kappa shape index (κ2) is 9.37. The molecule has 32 heavy (non-hydrogen) atoms. The highest BCUT2D eigenvalue weighted by atomic mass is 32.2. The molecule has 0 aromatic heterocycles. The maximum Gasteiger partial charge on any atom is 0.240 e. The van der Waals surface area contributed by atoms with Crippen molar-refractivity contribution >= 4 is 15.8 Å². The van der Waals surface area contributed by atoms with Gasteiger partial charge >= 0.3 is 0 Å². The molecule has 1 saturated carbocycles. The standard InChI is InChI=1S/C24H28F2N2O3S/c25-21-11-15-9-10-19(20(15)12-22(21)26)23(27)13-24(29)18-8-4-5-16(18)14-28-32(30,31)17-6-2-1-3-7-17/h1-3,6-7,11-12,16,18-19,23,28H,4-5,8-10,13-14,27H2. The van der Waals surface area contributed by atoms with Crippen molar-refractivity contribution in [3.8, 4) is 0 Å². The predicted octanol–water partition coefficient (Wildman–Crippen LogP) is 3.68. The number of sulfonamides is 1. The molecule has 0 bridgehead atoms. The molecule has 4 rings (SSSR count). The number of aryl methyl sites for hydroxylation is 1. The Kier molecular flexibility index (Phi) is 6.74. The fourth-order valence-corrected chi connectivity index (χ4v) is 6.32. The van der Waals surface area contributed by atoms with Crippen molar-refractivity contribution in [3.05, 3.63) is 65.2 Å². The van der Waals surface area contributed by atoms with E-state index in [1.807, 2.05) is 0 Å². The number of ketones is 1. The van der Waals surface area contributed by atoms with E-state index in [-0.39, 0.29) is 41.4 Å². The lowest BCUT2D eigenvalue weighted by Crippen LogP contribution is -2.36. The monoisotopic (exact) mass is 462 g/mol. The first-order chi connectivity index (χ1) is 15.3. The average molecular weight is 463 g/mol. The number of carbonyl (C=O) groups is 1. The van der Waals surface area contributed by atoms with Gasteiger partial charge in [0.2, 0.25) is 10.0 Å². The maximum absolute atomic E-state index is 13.7. The summed E-state index contributed by atoms with van der Waals surface area (Å²) in [5.41, 5.74) is 7.82. The molecule has 0 saturated heterocycles. The van der Waals surface area contributed by atoms with Gasteiger partial charge < -0.3 is 5.73 Å². The van der Waals surface area contributed by atoms with Crippen LogP contribution in [0, 0.1) is 23.5 Å². The number of rotatable bonds is 8. The number of halogens is 2. The van der Waals surface area contributed by atoms with E-state index >= 15 is 0 Å². The highest BCUT2D eigenvalue weighted by Gasteiger charge is 2.36. The molecule has 0 amide bonds. The van der Waals surface area contributed by atoms with Crippen LogP contribution < -0.4 is 10.5 Å². The van der Waals surface area contributed by atoms with E-state index in [9.17, 15) is 22.0 Å². The van der Waals surface area contributed by atoms with Crippen molar-refractivity contribution in [1.82, 2.24) is 4.72 Å². The van der Waals surface area contributed by atoms with Crippen LogP contribution in [0.5, 0.6) is 0 Å². The molecule has 1 fully saturated rings. The number of fused-ring (bicyclic) bond motifs is 1. The summed E-state index contributed by atoms with van der Waals surface area (Å²) in [7, 11) is -3.63. The lowest BCUT2D eigenvalue weighted by Gasteiger charge is -2.24. The maximum atomic E-state index is 13.7. The number of nitrogens with one attached hydrogen (secondary N) is 1. The van der Waals surface area contributed by atoms with E-state index in [2.05, 4.69) is 4.72 Å². The molecule has 172 valence electrons. The Hall–Kier alpha value is -2.16. The summed E-state index contributed by atoms with van der Waals surface area (Å²) in [6, 6.07) is 10.1. The minimum atomic E-state index is -3.63. The van der Waals surface area contributed by atoms with Gasteiger partial charge in [0.25, 0.3) is 0 Å². The summed E-state index contributed by atoms with van der Waals surface area (Å²) in [4.78, 5) is 13.3. The first-order valence-electron chi connectivity index (χ1n) is 11.1. The third-order valence-corrected chi connectivity index (χ3v) is 8.36. The van der Waals surface area contributed by atoms with Crippen LogP contribution >= 0.6 is 0 Å². The van der Waals surface area contributed by atoms with Crippen LogP contribution in [0.3, 0.4) is 0 Å². The number of hydrogen-bond acceptors (Lipinski definition) is 4. The van der Waals surface area contributed by atoms with Gasteiger partial charge in [-0.05, 0) is 67.0 Å². The molecule has 4 unspecified atom stereocenters. The highest BCUT2D eigenvalue weighted by Crippen LogP contribution is 2.39. The number of Topliss-reactive ketones (excluding diaryl/α,β-unsaturated/α-hetero) is 1. The van der Waals surface area contributed by atoms with E-state index in [4.69, 9.17) is 5.73 Å². The number of hydrogen-bond donors (Lipinski definition) is 2. The quantitative estimate of drug-likeness (QED) is 0.626. The van der Waals surface area contributed by atoms with Crippen LogP contribution in [0.15, 0.2) is 47.4 Å². The zero-order chi connectivity index (χ0) is 22.9. The molecule has 0 spiro atoms. The van der Waals surface area contributed by atoms with E-state index in [1.165, 1.54) is 24.3 Å². The van der Waals surface area contributed by atoms with Crippen molar-refractivity contribution < 1.29 is 22.0 Å². The smallest absolute Gasteiger partial charge is 0.240 e. The fraction of sp³-hybridized carbons (Fsp3) is 0.458. The zero-order valence-corrected chi connectivity index (χ0v) is 18.6. The Balaban J connectivity index is 1.38. The van der Waals surface area contributed by atoms with Gasteiger partial charge in [-0.15, -0.1) is 0 Å². The summed E-state index contributed by atoms with van der Waals surface area (Å²) < 4.78 is 54.9. The van der Waals surface area contributed by atoms with Gasteiger partial charge in [-0.1, -0.05) is 24.6 Å². The van der Waals surface area contributed by atoms with Crippen LogP contribution in [0.2, 0.25) is 0 Å². The van der Waals surface area contributed by atoms with Gasteiger partial charge in [-0.2, -0.15) is 0 Å². The van der Waals surface area contributed by atoms with Crippen molar-refractivity contribution in [3.63, 3.8) is 0 Å². The minimum absolute atomic E-state index is 0.0231. The number of carbonyl (C=O) groups excluding carboxylic acids is 1. The summed E-state index contributed by atoms with van der Waals surface area (Å²) in [5, 5.41) is 0. The molecule has 5 nitrogen and oxygen atoms in total. The van der Waals surface area contributed by atoms with Crippen LogP contribution in [0.25, 0.3) is 0 Å². The third kappa shape index (κ3) is 4.77. The van der Waals surface area contributed by atoms with Gasteiger partial charge in [0.1, 0.15) is 5.78 Å². The van der Waals surface area contributed by atoms with Crippen LogP contribution in [-0.2, 0) is 21.2 Å². The first kappa shape index (κ1) is 23.0. The molecular formula is C24H28F2N2O3S. The Labute approximate surface area is 187 Å². The first-order valence-corrected chi connectivity index (χ1v) is 12.6. The fourth-order valence-electron chi connectivity index (χ4n) is 5.21. The normalized spacial score (nSPS) is 23.8. The van der Waals surface area contributed by atoms with E-state index in [0.29, 0.717) is 24.8 Å². The van der Waals surface area contributed by atoms with E-state index in [1.54, 1.807) is 18.2 Å². The van der Waals surface area contributed by atoms with Gasteiger partial charge in [0, 0.05) is 30.8 Å². The second-order valence-electron chi connectivity index (χ2n) is 8.91. The largest absolute Gasteiger partial charge is 0.327 e. The van der Waals surface area contributed by atoms with Crippen LogP contribution in [0.1, 0.15) is 49.1 Å². The van der Waals surface area contributed by atoms with Crippen molar-refractivity contribution in [2.75, 3.05) is 6.54 Å². The Bertz CT molecular complexity index is 1090. The molecule has 2 aliphatic rings. The molecule has 2 aromatic carbocycles. The molecule has 0 heterocycles. The molecule has 3 N–H and O–H groups in total. The van der Waals surface area contributed by atoms with Gasteiger partial charge in [-0.25, -0.2) is 21.9 Å². The Morgan fingerprint density at radius 1 is 1.09 bits per heavy atom. The topological polar surface area (TPSA) is 89.3 Å². The lowest BCUT2D eigenvalue weighted by atomic mass is 9.84. The minimum Gasteiger partial charge on any atom is -0.327 e. The van der Waals surface area contributed by atoms with Crippen molar-refractivity contribution in [2.24, 2.45) is 17.6 Å². The van der Waals surface area contributed by atoms with E-state index in [0.717, 1.165) is 18.4 Å². The van der Waals surface area contributed by atoms with Crippen molar-refractivity contribution in [2.45, 2.75) is 55.4 Å². The molecular weight excluding hydrogens is 434 g/mol. The Morgan fingerprint density at radius 2 is 1.81 bits per heavy atom. The van der Waals surface area contributed by atoms with Crippen molar-refractivity contribution in [1.29, 1.82) is 0 Å². The molecule has 0 radical (unpaired) electrons. The number of nitrogens with two attached hydrogens (primary N) is 1. The lowest BCUT2D eigenvalue weighted by molar-refractivity contribution is -0.124. The van der Waals surface area contributed by atoms with Gasteiger partial charge in [0.15, 0.2) is 11.6 Å². The summed E-state index contributed by atoms with van der Waals surface area (Å²) in [5.74, 6) is -2.23. The molecule has 2 aromatic rings. The molecule has 2 aliphatic carbocycles. The number of benzene rings is 2. The van der Waals surface area contributed by atoms with Gasteiger partial charge in [-0.3, -0.25) is 4.79 Å². The summed E-state index contributed by atoms with van der Waals surface area (Å²) >= 11 is 0. The average Bonchev–Trinajstić information content (AvgIpc) is 3.40.